The Kier molecular flexibility index (Phi) is 13.4. The van der Waals surface area contributed by atoms with Crippen LogP contribution in [-0.4, -0.2) is 112 Å². The zero-order valence-corrected chi connectivity index (χ0v) is 26.0. The van der Waals surface area contributed by atoms with E-state index in [1.165, 1.54) is 20.8 Å². The normalized spacial score (nSPS) is 27.8. The SMILES string of the molecule is CC(C)OC(=O)C(C)NP(=O)(OCCSC(=O)C(C)(C)CO)OC[C@@]1(CN=[N+]=[N-])O[C@@H](N2C=CC(O)NC2=O)[C@H](F)[C@@H]1O. The second-order valence-electron chi connectivity index (χ2n) is 10.6. The van der Waals surface area contributed by atoms with Crippen LogP contribution in [-0.2, 0) is 32.7 Å². The van der Waals surface area contributed by atoms with Gasteiger partial charge in [0.1, 0.15) is 24.0 Å². The maximum Gasteiger partial charge on any atom is 0.406 e. The Hall–Kier alpha value is -2.31. The largest absolute Gasteiger partial charge is 0.462 e. The first-order valence-corrected chi connectivity index (χ1v) is 15.6. The Morgan fingerprint density at radius 1 is 1.37 bits per heavy atom. The number of aliphatic hydroxyl groups excluding tert-OH is 3. The second-order valence-corrected chi connectivity index (χ2v) is 13.5. The number of hydrogen-bond acceptors (Lipinski definition) is 13. The molecule has 0 aromatic heterocycles. The molecule has 3 unspecified atom stereocenters. The van der Waals surface area contributed by atoms with Gasteiger partial charge in [0.15, 0.2) is 17.5 Å². The van der Waals surface area contributed by atoms with Crippen molar-refractivity contribution in [3.05, 3.63) is 22.7 Å². The summed E-state index contributed by atoms with van der Waals surface area (Å²) in [5, 5.41) is 37.3. The van der Waals surface area contributed by atoms with E-state index in [0.717, 1.165) is 28.9 Å². The standard InChI is InChI=1S/C23H38FN6O11PS/c1-13(2)40-19(34)14(3)28-42(37,38-8-9-43-20(35)22(4,5)11-31)39-12-23(10-26-29-25)17(33)16(24)18(41-23)30-7-6-15(32)27-21(30)36/h6-7,13-18,31-33H,8-12H2,1-5H3,(H,27,36)(H,28,37)/t14?,15?,16-,17+,18-,23-,42?/m1/s1. The monoisotopic (exact) mass is 656 g/mol. The molecule has 43 heavy (non-hydrogen) atoms. The van der Waals surface area contributed by atoms with Crippen molar-refractivity contribution in [1.29, 1.82) is 0 Å². The Labute approximate surface area is 251 Å². The number of rotatable bonds is 16. The van der Waals surface area contributed by atoms with Gasteiger partial charge in [-0.1, -0.05) is 16.9 Å². The third-order valence-corrected chi connectivity index (χ3v) is 9.02. The van der Waals surface area contributed by atoms with E-state index in [0.29, 0.717) is 0 Å². The Morgan fingerprint density at radius 3 is 2.63 bits per heavy atom. The molecule has 2 rings (SSSR count). The van der Waals surface area contributed by atoms with Crippen LogP contribution in [0, 0.1) is 5.41 Å². The number of nitrogens with zero attached hydrogens (tertiary/aromatic N) is 4. The van der Waals surface area contributed by atoms with Crippen LogP contribution >= 0.6 is 19.5 Å². The minimum atomic E-state index is -4.54. The lowest BCUT2D eigenvalue weighted by Crippen LogP contribution is -2.52. The summed E-state index contributed by atoms with van der Waals surface area (Å²) in [5.74, 6) is -0.853. The van der Waals surface area contributed by atoms with E-state index in [1.54, 1.807) is 13.8 Å². The van der Waals surface area contributed by atoms with Crippen LogP contribution in [0.2, 0.25) is 0 Å². The van der Waals surface area contributed by atoms with Gasteiger partial charge in [0.2, 0.25) is 0 Å². The van der Waals surface area contributed by atoms with Crippen molar-refractivity contribution < 1.29 is 57.2 Å². The first-order valence-electron chi connectivity index (χ1n) is 13.1. The third-order valence-electron chi connectivity index (χ3n) is 6.14. The number of thioether (sulfide) groups is 1. The highest BCUT2D eigenvalue weighted by molar-refractivity contribution is 8.13. The van der Waals surface area contributed by atoms with E-state index in [9.17, 15) is 34.3 Å². The minimum Gasteiger partial charge on any atom is -0.462 e. The molecule has 0 radical (unpaired) electrons. The number of carbonyl (C=O) groups excluding carboxylic acids is 3. The highest BCUT2D eigenvalue weighted by Crippen LogP contribution is 2.47. The average Bonchev–Trinajstić information content (AvgIpc) is 3.18. The van der Waals surface area contributed by atoms with Gasteiger partial charge in [-0.15, -0.1) is 0 Å². The summed E-state index contributed by atoms with van der Waals surface area (Å²) >= 11 is 0.796. The summed E-state index contributed by atoms with van der Waals surface area (Å²) in [6.07, 6.45) is -5.85. The first kappa shape index (κ1) is 36.9. The van der Waals surface area contributed by atoms with E-state index >= 15 is 4.39 Å². The van der Waals surface area contributed by atoms with Crippen LogP contribution in [0.5, 0.6) is 0 Å². The van der Waals surface area contributed by atoms with Gasteiger partial charge in [0.05, 0.1) is 37.9 Å². The molecule has 1 saturated heterocycles. The molecule has 7 atom stereocenters. The molecule has 0 aromatic carbocycles. The van der Waals surface area contributed by atoms with E-state index in [4.69, 9.17) is 24.1 Å². The van der Waals surface area contributed by atoms with Crippen LogP contribution in [0.3, 0.4) is 0 Å². The van der Waals surface area contributed by atoms with Gasteiger partial charge < -0.3 is 30.1 Å². The van der Waals surface area contributed by atoms with Crippen LogP contribution in [0.15, 0.2) is 17.4 Å². The smallest absolute Gasteiger partial charge is 0.406 e. The lowest BCUT2D eigenvalue weighted by molar-refractivity contribution is -0.149. The average molecular weight is 657 g/mol. The molecule has 0 spiro atoms. The fraction of sp³-hybridized carbons (Fsp3) is 0.783. The molecule has 2 amide bonds. The van der Waals surface area contributed by atoms with Gasteiger partial charge in [0, 0.05) is 16.9 Å². The van der Waals surface area contributed by atoms with Gasteiger partial charge in [-0.25, -0.2) is 18.8 Å². The summed E-state index contributed by atoms with van der Waals surface area (Å²) < 4.78 is 50.9. The summed E-state index contributed by atoms with van der Waals surface area (Å²) in [5.41, 5.74) is 5.67. The Balaban J connectivity index is 2.28. The Morgan fingerprint density at radius 2 is 2.05 bits per heavy atom. The topological polar surface area (TPSA) is 242 Å². The number of aliphatic hydroxyl groups is 3. The lowest BCUT2D eigenvalue weighted by Gasteiger charge is -2.34. The first-order chi connectivity index (χ1) is 20.0. The van der Waals surface area contributed by atoms with Gasteiger partial charge in [-0.2, -0.15) is 0 Å². The summed E-state index contributed by atoms with van der Waals surface area (Å²) in [7, 11) is -4.54. The minimum absolute atomic E-state index is 0.0397. The van der Waals surface area contributed by atoms with Crippen LogP contribution in [0.1, 0.15) is 34.6 Å². The molecule has 1 fully saturated rings. The molecule has 20 heteroatoms. The van der Waals surface area contributed by atoms with E-state index in [1.807, 2.05) is 0 Å². The predicted molar refractivity (Wildman–Crippen MR) is 150 cm³/mol. The van der Waals surface area contributed by atoms with Crippen molar-refractivity contribution in [3.8, 4) is 0 Å². The van der Waals surface area contributed by atoms with Gasteiger partial charge in [-0.05, 0) is 46.2 Å². The predicted octanol–water partition coefficient (Wildman–Crippen LogP) is 1.30. The van der Waals surface area contributed by atoms with E-state index in [-0.39, 0.29) is 17.5 Å². The molecule has 17 nitrogen and oxygen atoms in total. The van der Waals surface area contributed by atoms with Crippen molar-refractivity contribution >= 4 is 36.6 Å². The van der Waals surface area contributed by atoms with E-state index in [2.05, 4.69) is 20.4 Å². The molecule has 2 aliphatic rings. The molecule has 0 aromatic rings. The quantitative estimate of drug-likeness (QED) is 0.0393. The molecule has 0 aliphatic carbocycles. The van der Waals surface area contributed by atoms with Gasteiger partial charge in [-0.3, -0.25) is 23.5 Å². The highest BCUT2D eigenvalue weighted by Gasteiger charge is 2.58. The third kappa shape index (κ3) is 9.84. The number of halogens is 1. The summed E-state index contributed by atoms with van der Waals surface area (Å²) in [6, 6.07) is -2.21. The van der Waals surface area contributed by atoms with Crippen LogP contribution < -0.4 is 10.4 Å². The summed E-state index contributed by atoms with van der Waals surface area (Å²) in [4.78, 5) is 40.3. The van der Waals surface area contributed by atoms with Crippen molar-refractivity contribution in [2.24, 2.45) is 10.5 Å². The van der Waals surface area contributed by atoms with Crippen molar-refractivity contribution in [2.45, 2.75) is 77.1 Å². The fourth-order valence-corrected chi connectivity index (χ4v) is 6.11. The number of urea groups is 1. The van der Waals surface area contributed by atoms with Crippen molar-refractivity contribution in [1.82, 2.24) is 15.3 Å². The van der Waals surface area contributed by atoms with Gasteiger partial charge in [0.25, 0.3) is 0 Å². The van der Waals surface area contributed by atoms with E-state index < -0.39 is 87.4 Å². The summed E-state index contributed by atoms with van der Waals surface area (Å²) in [6.45, 7) is 5.14. The maximum absolute atomic E-state index is 15.4. The van der Waals surface area contributed by atoms with Crippen molar-refractivity contribution in [2.75, 3.05) is 32.1 Å². The van der Waals surface area contributed by atoms with Crippen molar-refractivity contribution in [3.63, 3.8) is 0 Å². The highest BCUT2D eigenvalue weighted by atomic mass is 32.2. The molecule has 0 saturated carbocycles. The molecular formula is C23H38FN6O11PS. The number of ether oxygens (including phenoxy) is 2. The molecule has 2 heterocycles. The second kappa shape index (κ2) is 15.6. The molecule has 244 valence electrons. The number of amides is 2. The number of azide groups is 1. The van der Waals surface area contributed by atoms with Crippen LogP contribution in [0.25, 0.3) is 10.4 Å². The lowest BCUT2D eigenvalue weighted by atomic mass is 9.97. The number of carbonyl (C=O) groups is 3. The number of hydrogen-bond donors (Lipinski definition) is 5. The number of alkyl halides is 1. The maximum atomic E-state index is 15.4. The Bertz CT molecular complexity index is 1140. The van der Waals surface area contributed by atoms with Crippen LogP contribution in [0.4, 0.5) is 9.18 Å². The number of nitrogens with one attached hydrogen (secondary N) is 2. The fourth-order valence-electron chi connectivity index (χ4n) is 3.65. The van der Waals surface area contributed by atoms with Gasteiger partial charge >= 0.3 is 19.7 Å². The molecular weight excluding hydrogens is 618 g/mol. The molecule has 2 aliphatic heterocycles. The zero-order valence-electron chi connectivity index (χ0n) is 24.3. The molecule has 0 bridgehead atoms. The molecule has 5 N–H and O–H groups in total. The number of esters is 1. The zero-order chi connectivity index (χ0) is 32.6.